The Morgan fingerprint density at radius 3 is 1.72 bits per heavy atom. The zero-order valence-electron chi connectivity index (χ0n) is 10.7. The fraction of sp³-hybridized carbons (Fsp3) is 0.417. The molecule has 0 aromatic heterocycles. The Bertz CT molecular complexity index is 327. The van der Waals surface area contributed by atoms with Crippen molar-refractivity contribution < 1.29 is 23.9 Å². The second-order valence-electron chi connectivity index (χ2n) is 2.87. The third kappa shape index (κ3) is 8.09. The van der Waals surface area contributed by atoms with Crippen molar-refractivity contribution in [2.45, 2.75) is 13.8 Å². The van der Waals surface area contributed by atoms with Gasteiger partial charge >= 0.3 is 11.9 Å². The van der Waals surface area contributed by atoms with Crippen molar-refractivity contribution in [1.29, 1.82) is 0 Å². The molecule has 0 saturated heterocycles. The molecule has 0 aliphatic carbocycles. The maximum Gasteiger partial charge on any atom is 0.330 e. The van der Waals surface area contributed by atoms with Gasteiger partial charge in [0.15, 0.2) is 0 Å². The SMILES string of the molecule is CCOC(=O)/C=C/C(/C=C/C(=O)OCC)=NOC. The maximum atomic E-state index is 11.1. The lowest BCUT2D eigenvalue weighted by atomic mass is 10.3. The molecule has 0 amide bonds. The van der Waals surface area contributed by atoms with Crippen LogP contribution in [0, 0.1) is 0 Å². The molecule has 0 N–H and O–H groups in total. The second kappa shape index (κ2) is 10.1. The smallest absolute Gasteiger partial charge is 0.330 e. The first-order valence-corrected chi connectivity index (χ1v) is 5.44. The topological polar surface area (TPSA) is 74.2 Å². The molecule has 18 heavy (non-hydrogen) atoms. The Morgan fingerprint density at radius 1 is 0.944 bits per heavy atom. The summed E-state index contributed by atoms with van der Waals surface area (Å²) in [5.74, 6) is -0.989. The fourth-order valence-electron chi connectivity index (χ4n) is 0.909. The summed E-state index contributed by atoms with van der Waals surface area (Å²) < 4.78 is 9.39. The quantitative estimate of drug-likeness (QED) is 0.296. The summed E-state index contributed by atoms with van der Waals surface area (Å²) in [6, 6.07) is 0. The molecule has 0 aromatic carbocycles. The van der Waals surface area contributed by atoms with Gasteiger partial charge in [-0.3, -0.25) is 0 Å². The van der Waals surface area contributed by atoms with Crippen molar-refractivity contribution in [1.82, 2.24) is 0 Å². The number of carbonyl (C=O) groups is 2. The molecule has 0 atom stereocenters. The van der Waals surface area contributed by atoms with Crippen LogP contribution < -0.4 is 0 Å². The van der Waals surface area contributed by atoms with Gasteiger partial charge in [0, 0.05) is 12.2 Å². The van der Waals surface area contributed by atoms with Crippen LogP contribution in [0.2, 0.25) is 0 Å². The highest BCUT2D eigenvalue weighted by Gasteiger charge is 1.98. The maximum absolute atomic E-state index is 11.1. The van der Waals surface area contributed by atoms with Gasteiger partial charge in [-0.1, -0.05) is 5.16 Å². The summed E-state index contributed by atoms with van der Waals surface area (Å²) in [5, 5.41) is 3.62. The molecule has 0 aromatic rings. The van der Waals surface area contributed by atoms with Crippen molar-refractivity contribution in [3.05, 3.63) is 24.3 Å². The Morgan fingerprint density at radius 2 is 1.39 bits per heavy atom. The van der Waals surface area contributed by atoms with Crippen molar-refractivity contribution in [2.24, 2.45) is 5.16 Å². The van der Waals surface area contributed by atoms with Crippen molar-refractivity contribution in [2.75, 3.05) is 20.3 Å². The van der Waals surface area contributed by atoms with Gasteiger partial charge in [-0.05, 0) is 26.0 Å². The van der Waals surface area contributed by atoms with Crippen LogP contribution in [0.15, 0.2) is 29.5 Å². The van der Waals surface area contributed by atoms with Crippen molar-refractivity contribution >= 4 is 17.7 Å². The van der Waals surface area contributed by atoms with Crippen molar-refractivity contribution in [3.8, 4) is 0 Å². The van der Waals surface area contributed by atoms with E-state index in [0.717, 1.165) is 0 Å². The van der Waals surface area contributed by atoms with Gasteiger partial charge in [0.1, 0.15) is 12.8 Å². The molecule has 0 fully saturated rings. The third-order valence-corrected chi connectivity index (χ3v) is 1.55. The number of allylic oxidation sites excluding steroid dienone is 2. The molecule has 0 rings (SSSR count). The van der Waals surface area contributed by atoms with Crippen LogP contribution >= 0.6 is 0 Å². The Labute approximate surface area is 106 Å². The highest BCUT2D eigenvalue weighted by Crippen LogP contribution is 1.91. The monoisotopic (exact) mass is 255 g/mol. The van der Waals surface area contributed by atoms with E-state index < -0.39 is 11.9 Å². The minimum atomic E-state index is -0.495. The van der Waals surface area contributed by atoms with E-state index in [-0.39, 0.29) is 0 Å². The van der Waals surface area contributed by atoms with Crippen LogP contribution in [0.5, 0.6) is 0 Å². The van der Waals surface area contributed by atoms with Crippen LogP contribution in [0.4, 0.5) is 0 Å². The Hall–Kier alpha value is -2.11. The van der Waals surface area contributed by atoms with E-state index >= 15 is 0 Å². The van der Waals surface area contributed by atoms with E-state index in [0.29, 0.717) is 18.9 Å². The highest BCUT2D eigenvalue weighted by atomic mass is 16.6. The Balaban J connectivity index is 4.54. The van der Waals surface area contributed by atoms with E-state index in [1.54, 1.807) is 13.8 Å². The summed E-state index contributed by atoms with van der Waals surface area (Å²) in [4.78, 5) is 26.7. The normalized spacial score (nSPS) is 10.4. The first-order chi connectivity index (χ1) is 8.63. The van der Waals surface area contributed by atoms with Crippen LogP contribution in [0.25, 0.3) is 0 Å². The van der Waals surface area contributed by atoms with Gasteiger partial charge in [0.25, 0.3) is 0 Å². The molecule has 6 heteroatoms. The van der Waals surface area contributed by atoms with Crippen LogP contribution in [-0.4, -0.2) is 38.0 Å². The molecule has 0 aliphatic rings. The van der Waals surface area contributed by atoms with Crippen LogP contribution in [0.3, 0.4) is 0 Å². The molecule has 0 heterocycles. The number of esters is 2. The van der Waals surface area contributed by atoms with E-state index in [1.807, 2.05) is 0 Å². The Kier molecular flexibility index (Phi) is 8.89. The molecule has 0 saturated carbocycles. The lowest BCUT2D eigenvalue weighted by molar-refractivity contribution is -0.138. The number of hydrogen-bond donors (Lipinski definition) is 0. The number of ether oxygens (including phenoxy) is 2. The summed E-state index contributed by atoms with van der Waals surface area (Å²) in [7, 11) is 1.36. The van der Waals surface area contributed by atoms with Gasteiger partial charge < -0.3 is 14.3 Å². The average Bonchev–Trinajstić information content (AvgIpc) is 2.33. The first-order valence-electron chi connectivity index (χ1n) is 5.44. The van der Waals surface area contributed by atoms with E-state index in [4.69, 9.17) is 9.47 Å². The summed E-state index contributed by atoms with van der Waals surface area (Å²) in [6.45, 7) is 3.99. The molecule has 6 nitrogen and oxygen atoms in total. The average molecular weight is 255 g/mol. The standard InChI is InChI=1S/C12H17NO5/c1-4-17-11(14)8-6-10(13-16-3)7-9-12(15)18-5-2/h6-9H,4-5H2,1-3H3/b8-6+,9-7+. The third-order valence-electron chi connectivity index (χ3n) is 1.55. The van der Waals surface area contributed by atoms with Gasteiger partial charge in [0.2, 0.25) is 0 Å². The number of hydrogen-bond acceptors (Lipinski definition) is 6. The van der Waals surface area contributed by atoms with Gasteiger partial charge in [-0.25, -0.2) is 9.59 Å². The van der Waals surface area contributed by atoms with Crippen LogP contribution in [-0.2, 0) is 23.9 Å². The minimum absolute atomic E-state index is 0.290. The minimum Gasteiger partial charge on any atom is -0.463 e. The number of carbonyl (C=O) groups excluding carboxylic acids is 2. The highest BCUT2D eigenvalue weighted by molar-refractivity contribution is 6.08. The summed E-state index contributed by atoms with van der Waals surface area (Å²) >= 11 is 0. The largest absolute Gasteiger partial charge is 0.463 e. The molecular weight excluding hydrogens is 238 g/mol. The molecule has 0 unspecified atom stereocenters. The summed E-state index contributed by atoms with van der Waals surface area (Å²) in [5.41, 5.74) is 0.290. The van der Waals surface area contributed by atoms with E-state index in [9.17, 15) is 9.59 Å². The summed E-state index contributed by atoms with van der Waals surface area (Å²) in [6.07, 6.45) is 5.13. The van der Waals surface area contributed by atoms with E-state index in [1.165, 1.54) is 31.4 Å². The second-order valence-corrected chi connectivity index (χ2v) is 2.87. The zero-order chi connectivity index (χ0) is 13.8. The fourth-order valence-corrected chi connectivity index (χ4v) is 0.909. The molecule has 100 valence electrons. The van der Waals surface area contributed by atoms with Crippen LogP contribution in [0.1, 0.15) is 13.8 Å². The lowest BCUT2D eigenvalue weighted by Gasteiger charge is -1.96. The number of rotatable bonds is 7. The van der Waals surface area contributed by atoms with Gasteiger partial charge in [-0.15, -0.1) is 0 Å². The van der Waals surface area contributed by atoms with E-state index in [2.05, 4.69) is 9.99 Å². The molecule has 0 aliphatic heterocycles. The molecule has 0 spiro atoms. The number of oxime groups is 1. The number of nitrogens with zero attached hydrogens (tertiary/aromatic N) is 1. The van der Waals surface area contributed by atoms with Gasteiger partial charge in [-0.2, -0.15) is 0 Å². The first kappa shape index (κ1) is 15.9. The van der Waals surface area contributed by atoms with Crippen molar-refractivity contribution in [3.63, 3.8) is 0 Å². The molecule has 0 radical (unpaired) electrons. The zero-order valence-corrected chi connectivity index (χ0v) is 10.7. The predicted molar refractivity (Wildman–Crippen MR) is 66.0 cm³/mol. The van der Waals surface area contributed by atoms with Gasteiger partial charge in [0.05, 0.1) is 13.2 Å². The molecule has 0 bridgehead atoms. The predicted octanol–water partition coefficient (Wildman–Crippen LogP) is 1.23. The lowest BCUT2D eigenvalue weighted by Crippen LogP contribution is -2.02. The molecular formula is C12H17NO5.